The van der Waals surface area contributed by atoms with Gasteiger partial charge in [0.05, 0.1) is 9.88 Å². The molecule has 1 aromatic heterocycles. The number of carbonyl (C=O) groups excluding carboxylic acids is 2. The van der Waals surface area contributed by atoms with E-state index in [2.05, 4.69) is 16.0 Å². The Balaban J connectivity index is 1.51. The maximum absolute atomic E-state index is 12.3. The Hall–Kier alpha value is -2.38. The molecule has 1 heterocycles. The van der Waals surface area contributed by atoms with Gasteiger partial charge in [0.1, 0.15) is 0 Å². The number of nitrogens with two attached hydrogens (primary N) is 1. The minimum absolute atomic E-state index is 0.0954. The molecule has 0 atom stereocenters. The summed E-state index contributed by atoms with van der Waals surface area (Å²) in [6.07, 6.45) is 3.73. The summed E-state index contributed by atoms with van der Waals surface area (Å²) in [6.45, 7) is 0. The number of rotatable bonds is 4. The fourth-order valence-corrected chi connectivity index (χ4v) is 3.65. The van der Waals surface area contributed by atoms with Gasteiger partial charge >= 0.3 is 6.03 Å². The molecule has 3 rings (SSSR count). The number of amides is 3. The Bertz CT molecular complexity index is 724. The average Bonchev–Trinajstić information content (AvgIpc) is 3.06. The molecule has 5 N–H and O–H groups in total. The lowest BCUT2D eigenvalue weighted by Gasteiger charge is -2.26. The predicted octanol–water partition coefficient (Wildman–Crippen LogP) is 3.39. The first-order chi connectivity index (χ1) is 12.1. The number of nitrogens with one attached hydrogen (secondary N) is 3. The predicted molar refractivity (Wildman–Crippen MR) is 101 cm³/mol. The van der Waals surface area contributed by atoms with Gasteiger partial charge in [0, 0.05) is 17.8 Å². The molecule has 0 saturated heterocycles. The van der Waals surface area contributed by atoms with Gasteiger partial charge in [-0.2, -0.15) is 0 Å². The molecule has 1 aliphatic carbocycles. The van der Waals surface area contributed by atoms with E-state index in [9.17, 15) is 9.59 Å². The maximum atomic E-state index is 12.3. The minimum Gasteiger partial charge on any atom is -0.349 e. The van der Waals surface area contributed by atoms with E-state index < -0.39 is 0 Å². The Kier molecular flexibility index (Phi) is 5.67. The SMILES string of the molecule is NC1CCC(NC(=O)c2ccc(NC(=O)Nc3ccccc3)s2)CC1. The third-order valence-corrected chi connectivity index (χ3v) is 5.20. The number of carbonyl (C=O) groups is 2. The van der Waals surface area contributed by atoms with Crippen LogP contribution in [-0.4, -0.2) is 24.0 Å². The lowest BCUT2D eigenvalue weighted by atomic mass is 9.92. The van der Waals surface area contributed by atoms with Crippen LogP contribution in [0.25, 0.3) is 0 Å². The lowest BCUT2D eigenvalue weighted by Crippen LogP contribution is -2.40. The Labute approximate surface area is 150 Å². The molecule has 3 amide bonds. The van der Waals surface area contributed by atoms with Crippen LogP contribution in [0.1, 0.15) is 35.4 Å². The number of urea groups is 1. The number of hydrogen-bond acceptors (Lipinski definition) is 4. The van der Waals surface area contributed by atoms with Crippen molar-refractivity contribution in [3.05, 3.63) is 47.3 Å². The zero-order valence-electron chi connectivity index (χ0n) is 13.8. The normalized spacial score (nSPS) is 19.9. The Morgan fingerprint density at radius 1 is 0.960 bits per heavy atom. The van der Waals surface area contributed by atoms with Gasteiger partial charge in [-0.05, 0) is 49.9 Å². The molecule has 6 nitrogen and oxygen atoms in total. The molecule has 2 aromatic rings. The minimum atomic E-state index is -0.332. The smallest absolute Gasteiger partial charge is 0.324 e. The van der Waals surface area contributed by atoms with Crippen LogP contribution in [0.2, 0.25) is 0 Å². The van der Waals surface area contributed by atoms with Crippen LogP contribution in [0.5, 0.6) is 0 Å². The molecule has 25 heavy (non-hydrogen) atoms. The van der Waals surface area contributed by atoms with Crippen molar-refractivity contribution in [1.82, 2.24) is 5.32 Å². The largest absolute Gasteiger partial charge is 0.349 e. The lowest BCUT2D eigenvalue weighted by molar-refractivity contribution is 0.0930. The third-order valence-electron chi connectivity index (χ3n) is 4.21. The molecule has 1 saturated carbocycles. The van der Waals surface area contributed by atoms with Crippen molar-refractivity contribution in [1.29, 1.82) is 0 Å². The first-order valence-corrected chi connectivity index (χ1v) is 9.21. The fourth-order valence-electron chi connectivity index (χ4n) is 2.84. The van der Waals surface area contributed by atoms with Crippen molar-refractivity contribution in [2.24, 2.45) is 5.73 Å². The van der Waals surface area contributed by atoms with Crippen LogP contribution in [0, 0.1) is 0 Å². The van der Waals surface area contributed by atoms with Crippen LogP contribution in [-0.2, 0) is 0 Å². The summed E-state index contributed by atoms with van der Waals surface area (Å²) in [7, 11) is 0. The quantitative estimate of drug-likeness (QED) is 0.674. The summed E-state index contributed by atoms with van der Waals surface area (Å²) in [6, 6.07) is 12.8. The van der Waals surface area contributed by atoms with Gasteiger partial charge in [0.25, 0.3) is 5.91 Å². The summed E-state index contributed by atoms with van der Waals surface area (Å²) < 4.78 is 0. The zero-order valence-corrected chi connectivity index (χ0v) is 14.6. The third kappa shape index (κ3) is 5.04. The highest BCUT2D eigenvalue weighted by Crippen LogP contribution is 2.23. The molecular formula is C18H22N4O2S. The van der Waals surface area contributed by atoms with Gasteiger partial charge in [-0.3, -0.25) is 10.1 Å². The monoisotopic (exact) mass is 358 g/mol. The van der Waals surface area contributed by atoms with Gasteiger partial charge in [0.15, 0.2) is 0 Å². The molecule has 132 valence electrons. The first kappa shape index (κ1) is 17.4. The van der Waals surface area contributed by atoms with Gasteiger partial charge in [0.2, 0.25) is 0 Å². The molecule has 1 aliphatic rings. The van der Waals surface area contributed by atoms with E-state index in [0.29, 0.717) is 15.6 Å². The van der Waals surface area contributed by atoms with Crippen molar-refractivity contribution >= 4 is 34.0 Å². The van der Waals surface area contributed by atoms with E-state index in [1.54, 1.807) is 12.1 Å². The number of para-hydroxylation sites is 1. The topological polar surface area (TPSA) is 96.2 Å². The molecule has 0 unspecified atom stereocenters. The number of anilines is 2. The van der Waals surface area contributed by atoms with Crippen LogP contribution in [0.4, 0.5) is 15.5 Å². The average molecular weight is 358 g/mol. The van der Waals surface area contributed by atoms with Crippen molar-refractivity contribution in [3.63, 3.8) is 0 Å². The molecule has 0 radical (unpaired) electrons. The van der Waals surface area contributed by atoms with Gasteiger partial charge < -0.3 is 16.4 Å². The van der Waals surface area contributed by atoms with Crippen LogP contribution in [0.15, 0.2) is 42.5 Å². The molecule has 1 aromatic carbocycles. The van der Waals surface area contributed by atoms with Gasteiger partial charge in [-0.25, -0.2) is 4.79 Å². The van der Waals surface area contributed by atoms with Crippen molar-refractivity contribution in [2.75, 3.05) is 10.6 Å². The van der Waals surface area contributed by atoms with Crippen molar-refractivity contribution < 1.29 is 9.59 Å². The van der Waals surface area contributed by atoms with Crippen LogP contribution in [0.3, 0.4) is 0 Å². The second kappa shape index (κ2) is 8.13. The highest BCUT2D eigenvalue weighted by molar-refractivity contribution is 7.18. The second-order valence-corrected chi connectivity index (χ2v) is 7.28. The first-order valence-electron chi connectivity index (χ1n) is 8.39. The fraction of sp³-hybridized carbons (Fsp3) is 0.333. The van der Waals surface area contributed by atoms with Crippen molar-refractivity contribution in [2.45, 2.75) is 37.8 Å². The Morgan fingerprint density at radius 3 is 2.40 bits per heavy atom. The number of benzene rings is 1. The second-order valence-electron chi connectivity index (χ2n) is 6.19. The van der Waals surface area contributed by atoms with Crippen LogP contribution < -0.4 is 21.7 Å². The van der Waals surface area contributed by atoms with E-state index >= 15 is 0 Å². The van der Waals surface area contributed by atoms with E-state index in [1.807, 2.05) is 30.3 Å². The molecule has 0 aliphatic heterocycles. The number of hydrogen-bond donors (Lipinski definition) is 4. The number of thiophene rings is 1. The zero-order chi connectivity index (χ0) is 17.6. The summed E-state index contributed by atoms with van der Waals surface area (Å²) >= 11 is 1.26. The van der Waals surface area contributed by atoms with E-state index in [0.717, 1.165) is 25.7 Å². The Morgan fingerprint density at radius 2 is 1.68 bits per heavy atom. The summed E-state index contributed by atoms with van der Waals surface area (Å²) in [5.41, 5.74) is 6.60. The van der Waals surface area contributed by atoms with Crippen molar-refractivity contribution in [3.8, 4) is 0 Å². The molecule has 0 bridgehead atoms. The van der Waals surface area contributed by atoms with Gasteiger partial charge in [-0.1, -0.05) is 18.2 Å². The summed E-state index contributed by atoms with van der Waals surface area (Å²) in [4.78, 5) is 24.9. The molecule has 7 heteroatoms. The maximum Gasteiger partial charge on any atom is 0.324 e. The molecule has 1 fully saturated rings. The van der Waals surface area contributed by atoms with Gasteiger partial charge in [-0.15, -0.1) is 11.3 Å². The van der Waals surface area contributed by atoms with E-state index in [4.69, 9.17) is 5.73 Å². The molecule has 0 spiro atoms. The summed E-state index contributed by atoms with van der Waals surface area (Å²) in [5, 5.41) is 9.17. The van der Waals surface area contributed by atoms with Crippen LogP contribution >= 0.6 is 11.3 Å². The highest BCUT2D eigenvalue weighted by atomic mass is 32.1. The van der Waals surface area contributed by atoms with E-state index in [1.165, 1.54) is 11.3 Å². The standard InChI is InChI=1S/C18H22N4O2S/c19-12-6-8-14(9-7-12)20-17(23)15-10-11-16(25-15)22-18(24)21-13-4-2-1-3-5-13/h1-5,10-12,14H,6-9,19H2,(H,20,23)(H2,21,22,24). The highest BCUT2D eigenvalue weighted by Gasteiger charge is 2.21. The van der Waals surface area contributed by atoms with E-state index in [-0.39, 0.29) is 24.0 Å². The molecular weight excluding hydrogens is 336 g/mol. The summed E-state index contributed by atoms with van der Waals surface area (Å²) in [5.74, 6) is -0.0954.